The molecule has 3 aromatic rings. The summed E-state index contributed by atoms with van der Waals surface area (Å²) < 4.78 is 40.9. The number of benzene rings is 2. The molecule has 3 rings (SSSR count). The number of fused-ring (bicyclic) bond motifs is 1. The maximum atomic E-state index is 14.2. The number of hydrogen-bond acceptors (Lipinski definition) is 4. The number of amides is 1. The first-order valence-electron chi connectivity index (χ1n) is 7.33. The Bertz CT molecular complexity index is 943. The van der Waals surface area contributed by atoms with Crippen molar-refractivity contribution in [1.29, 1.82) is 0 Å². The monoisotopic (exact) mass is 346 g/mol. The van der Waals surface area contributed by atoms with Crippen LogP contribution in [0.5, 0.6) is 0 Å². The zero-order chi connectivity index (χ0) is 18.0. The molecule has 0 aliphatic carbocycles. The van der Waals surface area contributed by atoms with Gasteiger partial charge in [0.15, 0.2) is 11.6 Å². The molecule has 1 heterocycles. The first-order chi connectivity index (χ1) is 12.0. The standard InChI is InChI=1S/C17H13F3N4O/c1-21-17(25)15(9-5-6-10(18)12(20)7-9)24-16-14-11(19)3-2-4-13(14)22-8-23-16/h2-8,15H,1H3,(H,21,25)(H,22,23,24). The molecule has 1 unspecified atom stereocenters. The summed E-state index contributed by atoms with van der Waals surface area (Å²) in [7, 11) is 1.40. The molecule has 1 atom stereocenters. The molecule has 5 nitrogen and oxygen atoms in total. The Kier molecular flexibility index (Phi) is 4.51. The van der Waals surface area contributed by atoms with Gasteiger partial charge in [-0.2, -0.15) is 0 Å². The number of likely N-dealkylation sites (N-methyl/N-ethyl adjacent to an activating group) is 1. The lowest BCUT2D eigenvalue weighted by atomic mass is 10.1. The Morgan fingerprint density at radius 1 is 1.04 bits per heavy atom. The highest BCUT2D eigenvalue weighted by molar-refractivity contribution is 5.92. The summed E-state index contributed by atoms with van der Waals surface area (Å²) in [5.74, 6) is -3.14. The average molecular weight is 346 g/mol. The van der Waals surface area contributed by atoms with E-state index in [1.807, 2.05) is 0 Å². The van der Waals surface area contributed by atoms with Gasteiger partial charge in [-0.05, 0) is 29.8 Å². The average Bonchev–Trinajstić information content (AvgIpc) is 2.61. The Morgan fingerprint density at radius 2 is 1.84 bits per heavy atom. The van der Waals surface area contributed by atoms with Gasteiger partial charge in [-0.3, -0.25) is 4.79 Å². The molecule has 0 fully saturated rings. The molecule has 0 aliphatic rings. The first kappa shape index (κ1) is 16.7. The third-order valence-electron chi connectivity index (χ3n) is 3.68. The SMILES string of the molecule is CNC(=O)C(Nc1ncnc2cccc(F)c12)c1ccc(F)c(F)c1. The minimum Gasteiger partial charge on any atom is -0.357 e. The van der Waals surface area contributed by atoms with Crippen molar-refractivity contribution in [2.75, 3.05) is 12.4 Å². The highest BCUT2D eigenvalue weighted by Crippen LogP contribution is 2.27. The molecule has 0 saturated carbocycles. The van der Waals surface area contributed by atoms with Crippen LogP contribution in [0.25, 0.3) is 10.9 Å². The molecule has 0 aliphatic heterocycles. The van der Waals surface area contributed by atoms with Crippen LogP contribution in [0.4, 0.5) is 19.0 Å². The third-order valence-corrected chi connectivity index (χ3v) is 3.68. The number of nitrogens with one attached hydrogen (secondary N) is 2. The largest absolute Gasteiger partial charge is 0.357 e. The van der Waals surface area contributed by atoms with Gasteiger partial charge in [0.25, 0.3) is 0 Å². The van der Waals surface area contributed by atoms with Crippen molar-refractivity contribution in [2.24, 2.45) is 0 Å². The van der Waals surface area contributed by atoms with Gasteiger partial charge in [-0.25, -0.2) is 23.1 Å². The van der Waals surface area contributed by atoms with Crippen LogP contribution in [-0.4, -0.2) is 22.9 Å². The number of aromatic nitrogens is 2. The van der Waals surface area contributed by atoms with E-state index in [2.05, 4.69) is 20.6 Å². The smallest absolute Gasteiger partial charge is 0.246 e. The van der Waals surface area contributed by atoms with Gasteiger partial charge in [0.1, 0.15) is 24.0 Å². The Labute approximate surface area is 140 Å². The van der Waals surface area contributed by atoms with Crippen LogP contribution in [-0.2, 0) is 4.79 Å². The van der Waals surface area contributed by atoms with E-state index in [4.69, 9.17) is 0 Å². The highest BCUT2D eigenvalue weighted by atomic mass is 19.2. The quantitative estimate of drug-likeness (QED) is 0.762. The van der Waals surface area contributed by atoms with Crippen LogP contribution < -0.4 is 10.6 Å². The van der Waals surface area contributed by atoms with Crippen LogP contribution in [0.2, 0.25) is 0 Å². The van der Waals surface area contributed by atoms with E-state index in [0.29, 0.717) is 5.52 Å². The van der Waals surface area contributed by atoms with Gasteiger partial charge in [0.05, 0.1) is 10.9 Å². The molecule has 1 aromatic heterocycles. The number of halogens is 3. The molecule has 128 valence electrons. The fraction of sp³-hybridized carbons (Fsp3) is 0.118. The molecule has 1 amide bonds. The van der Waals surface area contributed by atoms with Gasteiger partial charge in [0, 0.05) is 7.05 Å². The highest BCUT2D eigenvalue weighted by Gasteiger charge is 2.23. The molecule has 25 heavy (non-hydrogen) atoms. The third kappa shape index (κ3) is 3.23. The van der Waals surface area contributed by atoms with Gasteiger partial charge in [-0.15, -0.1) is 0 Å². The number of carbonyl (C=O) groups excluding carboxylic acids is 1. The second kappa shape index (κ2) is 6.76. The van der Waals surface area contributed by atoms with E-state index in [1.54, 1.807) is 6.07 Å². The number of carbonyl (C=O) groups is 1. The fourth-order valence-corrected chi connectivity index (χ4v) is 2.45. The van der Waals surface area contributed by atoms with Crippen molar-refractivity contribution in [3.63, 3.8) is 0 Å². The predicted octanol–water partition coefficient (Wildman–Crippen LogP) is 2.95. The Hall–Kier alpha value is -3.16. The number of hydrogen-bond donors (Lipinski definition) is 2. The van der Waals surface area contributed by atoms with Crippen LogP contribution in [0, 0.1) is 17.5 Å². The van der Waals surface area contributed by atoms with Gasteiger partial charge in [0.2, 0.25) is 5.91 Å². The molecule has 0 radical (unpaired) electrons. The molecule has 8 heteroatoms. The fourth-order valence-electron chi connectivity index (χ4n) is 2.45. The van der Waals surface area contributed by atoms with Gasteiger partial charge >= 0.3 is 0 Å². The maximum absolute atomic E-state index is 14.2. The normalized spacial score (nSPS) is 12.0. The Morgan fingerprint density at radius 3 is 2.56 bits per heavy atom. The van der Waals surface area contributed by atoms with Crippen molar-refractivity contribution < 1.29 is 18.0 Å². The molecule has 0 saturated heterocycles. The van der Waals surface area contributed by atoms with Crippen LogP contribution in [0.3, 0.4) is 0 Å². The lowest BCUT2D eigenvalue weighted by Gasteiger charge is -2.19. The second-order valence-corrected chi connectivity index (χ2v) is 5.22. The summed E-state index contributed by atoms with van der Waals surface area (Å²) in [5.41, 5.74) is 0.514. The van der Waals surface area contributed by atoms with E-state index < -0.39 is 29.4 Å². The molecule has 2 aromatic carbocycles. The minimum atomic E-state index is -1.10. The van der Waals surface area contributed by atoms with Crippen LogP contribution in [0.1, 0.15) is 11.6 Å². The zero-order valence-corrected chi connectivity index (χ0v) is 13.1. The Balaban J connectivity index is 2.08. The topological polar surface area (TPSA) is 66.9 Å². The number of anilines is 1. The lowest BCUT2D eigenvalue weighted by Crippen LogP contribution is -2.31. The summed E-state index contributed by atoms with van der Waals surface area (Å²) in [4.78, 5) is 20.2. The molecular formula is C17H13F3N4O. The van der Waals surface area contributed by atoms with Crippen molar-refractivity contribution in [1.82, 2.24) is 15.3 Å². The molecular weight excluding hydrogens is 333 g/mol. The summed E-state index contributed by atoms with van der Waals surface area (Å²) in [6.07, 6.45) is 1.22. The minimum absolute atomic E-state index is 0.0708. The van der Waals surface area contributed by atoms with Gasteiger partial charge < -0.3 is 10.6 Å². The summed E-state index contributed by atoms with van der Waals surface area (Å²) in [6, 6.07) is 6.33. The second-order valence-electron chi connectivity index (χ2n) is 5.22. The van der Waals surface area contributed by atoms with Crippen molar-refractivity contribution in [3.8, 4) is 0 Å². The van der Waals surface area contributed by atoms with E-state index in [0.717, 1.165) is 12.1 Å². The lowest BCUT2D eigenvalue weighted by molar-refractivity contribution is -0.121. The summed E-state index contributed by atoms with van der Waals surface area (Å²) in [5, 5.41) is 5.31. The van der Waals surface area contributed by atoms with E-state index >= 15 is 0 Å². The molecule has 0 bridgehead atoms. The van der Waals surface area contributed by atoms with Gasteiger partial charge in [-0.1, -0.05) is 12.1 Å². The summed E-state index contributed by atoms with van der Waals surface area (Å²) >= 11 is 0. The van der Waals surface area contributed by atoms with E-state index in [-0.39, 0.29) is 16.8 Å². The summed E-state index contributed by atoms with van der Waals surface area (Å²) in [6.45, 7) is 0. The van der Waals surface area contributed by atoms with Crippen molar-refractivity contribution in [2.45, 2.75) is 6.04 Å². The molecule has 2 N–H and O–H groups in total. The van der Waals surface area contributed by atoms with E-state index in [9.17, 15) is 18.0 Å². The zero-order valence-electron chi connectivity index (χ0n) is 13.1. The number of nitrogens with zero attached hydrogens (tertiary/aromatic N) is 2. The number of rotatable bonds is 4. The molecule has 0 spiro atoms. The van der Waals surface area contributed by atoms with Crippen LogP contribution >= 0.6 is 0 Å². The van der Waals surface area contributed by atoms with E-state index in [1.165, 1.54) is 31.6 Å². The predicted molar refractivity (Wildman–Crippen MR) is 86.3 cm³/mol. The maximum Gasteiger partial charge on any atom is 0.246 e. The van der Waals surface area contributed by atoms with Crippen molar-refractivity contribution >= 4 is 22.6 Å². The first-order valence-corrected chi connectivity index (χ1v) is 7.33. The van der Waals surface area contributed by atoms with Crippen LogP contribution in [0.15, 0.2) is 42.7 Å². The van der Waals surface area contributed by atoms with Crippen molar-refractivity contribution in [3.05, 3.63) is 65.7 Å².